The lowest BCUT2D eigenvalue weighted by Gasteiger charge is -2.16. The van der Waals surface area contributed by atoms with E-state index < -0.39 is 0 Å². The van der Waals surface area contributed by atoms with Crippen LogP contribution in [0, 0.1) is 12.8 Å². The van der Waals surface area contributed by atoms with Gasteiger partial charge in [0.15, 0.2) is 0 Å². The fraction of sp³-hybridized carbons (Fsp3) is 0.636. The van der Waals surface area contributed by atoms with Crippen LogP contribution >= 0.6 is 0 Å². The Kier molecular flexibility index (Phi) is 4.65. The third kappa shape index (κ3) is 3.93. The third-order valence-corrected chi connectivity index (χ3v) is 2.39. The summed E-state index contributed by atoms with van der Waals surface area (Å²) in [5.74, 6) is 7.00. The lowest BCUT2D eigenvalue weighted by molar-refractivity contribution is 0.440. The first-order chi connectivity index (χ1) is 7.13. The van der Waals surface area contributed by atoms with Gasteiger partial charge in [0.05, 0.1) is 11.7 Å². The molecule has 0 amide bonds. The topological polar surface area (TPSA) is 63.8 Å². The van der Waals surface area contributed by atoms with Crippen molar-refractivity contribution in [2.75, 3.05) is 0 Å². The SMILES string of the molecule is Cc1nccc(C(CCC(C)C)NN)n1. The standard InChI is InChI=1S/C11H20N4/c1-8(2)4-5-11(15-12)10-6-7-13-9(3)14-10/h6-8,11,15H,4-5,12H2,1-3H3. The van der Waals surface area contributed by atoms with Crippen LogP contribution in [0.15, 0.2) is 12.3 Å². The van der Waals surface area contributed by atoms with Crippen molar-refractivity contribution in [3.05, 3.63) is 23.8 Å². The van der Waals surface area contributed by atoms with E-state index in [0.717, 1.165) is 24.4 Å². The fourth-order valence-electron chi connectivity index (χ4n) is 1.49. The van der Waals surface area contributed by atoms with Crippen molar-refractivity contribution in [2.24, 2.45) is 11.8 Å². The van der Waals surface area contributed by atoms with E-state index in [-0.39, 0.29) is 6.04 Å². The van der Waals surface area contributed by atoms with Crippen LogP contribution < -0.4 is 11.3 Å². The molecule has 3 N–H and O–H groups in total. The van der Waals surface area contributed by atoms with Crippen LogP contribution in [-0.2, 0) is 0 Å². The van der Waals surface area contributed by atoms with Gasteiger partial charge < -0.3 is 0 Å². The van der Waals surface area contributed by atoms with Gasteiger partial charge in [-0.25, -0.2) is 9.97 Å². The van der Waals surface area contributed by atoms with Crippen molar-refractivity contribution in [1.29, 1.82) is 0 Å². The van der Waals surface area contributed by atoms with Crippen molar-refractivity contribution in [1.82, 2.24) is 15.4 Å². The molecular weight excluding hydrogens is 188 g/mol. The Morgan fingerprint density at radius 1 is 1.40 bits per heavy atom. The molecule has 1 aromatic heterocycles. The van der Waals surface area contributed by atoms with Crippen molar-refractivity contribution < 1.29 is 0 Å². The molecule has 1 atom stereocenters. The summed E-state index contributed by atoms with van der Waals surface area (Å²) in [4.78, 5) is 8.44. The third-order valence-electron chi connectivity index (χ3n) is 2.39. The molecule has 1 rings (SSSR count). The van der Waals surface area contributed by atoms with Gasteiger partial charge in [0.25, 0.3) is 0 Å². The number of aromatic nitrogens is 2. The van der Waals surface area contributed by atoms with E-state index in [1.807, 2.05) is 13.0 Å². The monoisotopic (exact) mass is 208 g/mol. The average molecular weight is 208 g/mol. The Labute approximate surface area is 91.3 Å². The van der Waals surface area contributed by atoms with E-state index in [4.69, 9.17) is 5.84 Å². The number of nitrogens with two attached hydrogens (primary N) is 1. The van der Waals surface area contributed by atoms with Gasteiger partial charge in [-0.3, -0.25) is 11.3 Å². The van der Waals surface area contributed by atoms with Gasteiger partial charge in [-0.2, -0.15) is 0 Å². The molecule has 1 heterocycles. The van der Waals surface area contributed by atoms with Crippen LogP contribution in [0.5, 0.6) is 0 Å². The molecule has 0 bridgehead atoms. The predicted octanol–water partition coefficient (Wildman–Crippen LogP) is 1.73. The van der Waals surface area contributed by atoms with Crippen LogP contribution in [0.1, 0.15) is 44.2 Å². The number of rotatable bonds is 5. The van der Waals surface area contributed by atoms with Gasteiger partial charge in [-0.15, -0.1) is 0 Å². The highest BCUT2D eigenvalue weighted by molar-refractivity contribution is 5.06. The average Bonchev–Trinajstić information content (AvgIpc) is 2.18. The van der Waals surface area contributed by atoms with Crippen LogP contribution in [0.4, 0.5) is 0 Å². The zero-order valence-electron chi connectivity index (χ0n) is 9.70. The molecule has 1 unspecified atom stereocenters. The van der Waals surface area contributed by atoms with Gasteiger partial charge in [-0.05, 0) is 31.7 Å². The van der Waals surface area contributed by atoms with Gasteiger partial charge in [-0.1, -0.05) is 13.8 Å². The molecule has 84 valence electrons. The molecule has 0 radical (unpaired) electrons. The van der Waals surface area contributed by atoms with E-state index in [0.29, 0.717) is 5.92 Å². The van der Waals surface area contributed by atoms with Crippen molar-refractivity contribution in [2.45, 2.75) is 39.7 Å². The van der Waals surface area contributed by atoms with E-state index in [2.05, 4.69) is 29.2 Å². The molecule has 0 aliphatic rings. The molecule has 0 saturated heterocycles. The van der Waals surface area contributed by atoms with E-state index in [1.165, 1.54) is 0 Å². The maximum absolute atomic E-state index is 5.53. The molecule has 0 fully saturated rings. The van der Waals surface area contributed by atoms with Crippen molar-refractivity contribution in [3.63, 3.8) is 0 Å². The molecule has 0 spiro atoms. The summed E-state index contributed by atoms with van der Waals surface area (Å²) in [5, 5.41) is 0. The van der Waals surface area contributed by atoms with E-state index in [1.54, 1.807) is 6.20 Å². The number of nitrogens with zero attached hydrogens (tertiary/aromatic N) is 2. The molecule has 0 aliphatic carbocycles. The quantitative estimate of drug-likeness (QED) is 0.571. The summed E-state index contributed by atoms with van der Waals surface area (Å²) in [6.45, 7) is 6.30. The van der Waals surface area contributed by atoms with E-state index in [9.17, 15) is 0 Å². The first-order valence-electron chi connectivity index (χ1n) is 5.39. The van der Waals surface area contributed by atoms with Crippen LogP contribution in [0.2, 0.25) is 0 Å². The van der Waals surface area contributed by atoms with Crippen molar-refractivity contribution in [3.8, 4) is 0 Å². The van der Waals surface area contributed by atoms with Gasteiger partial charge >= 0.3 is 0 Å². The predicted molar refractivity (Wildman–Crippen MR) is 60.9 cm³/mol. The maximum atomic E-state index is 5.53. The first kappa shape index (κ1) is 12.1. The second-order valence-electron chi connectivity index (χ2n) is 4.22. The van der Waals surface area contributed by atoms with Crippen LogP contribution in [0.25, 0.3) is 0 Å². The summed E-state index contributed by atoms with van der Waals surface area (Å²) in [7, 11) is 0. The zero-order chi connectivity index (χ0) is 11.3. The lowest BCUT2D eigenvalue weighted by atomic mass is 10.0. The number of hydrogen-bond donors (Lipinski definition) is 2. The highest BCUT2D eigenvalue weighted by Crippen LogP contribution is 2.18. The summed E-state index contributed by atoms with van der Waals surface area (Å²) in [5.41, 5.74) is 3.79. The second kappa shape index (κ2) is 5.78. The normalized spacial score (nSPS) is 13.1. The number of nitrogens with one attached hydrogen (secondary N) is 1. The number of aryl methyl sites for hydroxylation is 1. The molecule has 4 heteroatoms. The maximum Gasteiger partial charge on any atom is 0.125 e. The smallest absolute Gasteiger partial charge is 0.125 e. The molecule has 1 aromatic rings. The largest absolute Gasteiger partial charge is 0.271 e. The lowest BCUT2D eigenvalue weighted by Crippen LogP contribution is -2.29. The first-order valence-corrected chi connectivity index (χ1v) is 5.39. The molecule has 4 nitrogen and oxygen atoms in total. The summed E-state index contributed by atoms with van der Waals surface area (Å²) in [6.07, 6.45) is 3.92. The molecule has 0 aromatic carbocycles. The van der Waals surface area contributed by atoms with Crippen molar-refractivity contribution >= 4 is 0 Å². The Hall–Kier alpha value is -1.00. The number of hydrazine groups is 1. The minimum Gasteiger partial charge on any atom is -0.271 e. The highest BCUT2D eigenvalue weighted by atomic mass is 15.2. The second-order valence-corrected chi connectivity index (χ2v) is 4.22. The Morgan fingerprint density at radius 2 is 2.13 bits per heavy atom. The minimum atomic E-state index is 0.133. The number of hydrogen-bond acceptors (Lipinski definition) is 4. The minimum absolute atomic E-state index is 0.133. The highest BCUT2D eigenvalue weighted by Gasteiger charge is 2.11. The Bertz CT molecular complexity index is 298. The van der Waals surface area contributed by atoms with Gasteiger partial charge in [0.2, 0.25) is 0 Å². The fourth-order valence-corrected chi connectivity index (χ4v) is 1.49. The Balaban J connectivity index is 2.65. The molecule has 15 heavy (non-hydrogen) atoms. The van der Waals surface area contributed by atoms with Crippen LogP contribution in [-0.4, -0.2) is 9.97 Å². The van der Waals surface area contributed by atoms with Crippen LogP contribution in [0.3, 0.4) is 0 Å². The van der Waals surface area contributed by atoms with Gasteiger partial charge in [0.1, 0.15) is 5.82 Å². The summed E-state index contributed by atoms with van der Waals surface area (Å²) in [6, 6.07) is 2.05. The van der Waals surface area contributed by atoms with Gasteiger partial charge in [0, 0.05) is 6.20 Å². The summed E-state index contributed by atoms with van der Waals surface area (Å²) < 4.78 is 0. The molecular formula is C11H20N4. The van der Waals surface area contributed by atoms with E-state index >= 15 is 0 Å². The Morgan fingerprint density at radius 3 is 2.67 bits per heavy atom. The molecule has 0 aliphatic heterocycles. The molecule has 0 saturated carbocycles. The zero-order valence-corrected chi connectivity index (χ0v) is 9.70. The summed E-state index contributed by atoms with van der Waals surface area (Å²) >= 11 is 0.